The maximum absolute atomic E-state index is 7.28. The highest BCUT2D eigenvalue weighted by Crippen LogP contribution is 2.34. The van der Waals surface area contributed by atoms with Crippen LogP contribution < -0.4 is 0 Å². The van der Waals surface area contributed by atoms with E-state index >= 15 is 0 Å². The van der Waals surface area contributed by atoms with Gasteiger partial charge >= 0.3 is 25.7 Å². The predicted octanol–water partition coefficient (Wildman–Crippen LogP) is 13.1. The molecule has 264 valence electrons. The lowest BCUT2D eigenvalue weighted by atomic mass is 10.2. The van der Waals surface area contributed by atoms with Crippen LogP contribution in [0.1, 0.15) is 77.2 Å². The zero-order valence-electron chi connectivity index (χ0n) is 26.8. The summed E-state index contributed by atoms with van der Waals surface area (Å²) in [6.45, 7) is 38.0. The van der Waals surface area contributed by atoms with Crippen LogP contribution in [0.15, 0.2) is 12.3 Å². The molecule has 0 radical (unpaired) electrons. The van der Waals surface area contributed by atoms with Crippen molar-refractivity contribution in [3.63, 3.8) is 0 Å². The second kappa shape index (κ2) is 22.6. The topological polar surface area (TPSA) is 46.2 Å². The fourth-order valence-corrected chi connectivity index (χ4v) is 38.7. The van der Waals surface area contributed by atoms with Crippen molar-refractivity contribution in [2.45, 2.75) is 187 Å². The van der Waals surface area contributed by atoms with Crippen LogP contribution in [0.4, 0.5) is 0 Å². The molecule has 0 amide bonds. The van der Waals surface area contributed by atoms with Crippen LogP contribution in [0.3, 0.4) is 0 Å². The molecule has 0 fully saturated rings. The summed E-state index contributed by atoms with van der Waals surface area (Å²) in [7, 11) is -14.8. The molecule has 0 aliphatic heterocycles. The third-order valence-corrected chi connectivity index (χ3v) is 31.1. The minimum Gasteiger partial charge on any atom is -0.456 e. The van der Waals surface area contributed by atoms with Crippen molar-refractivity contribution in [2.75, 3.05) is 0 Å². The molecule has 0 bridgehead atoms. The summed E-state index contributed by atoms with van der Waals surface area (Å²) in [5, 5.41) is 0. The molecule has 12 heteroatoms. The Kier molecular flexibility index (Phi) is 31.5. The summed E-state index contributed by atoms with van der Waals surface area (Å²) in [5.41, 5.74) is 2.00. The van der Waals surface area contributed by atoms with E-state index in [0.29, 0.717) is 0 Å². The van der Waals surface area contributed by atoms with Gasteiger partial charge in [-0.2, -0.15) is 0 Å². The highest BCUT2D eigenvalue weighted by Gasteiger charge is 2.49. The van der Waals surface area contributed by atoms with Crippen molar-refractivity contribution in [3.8, 4) is 0 Å². The van der Waals surface area contributed by atoms with Crippen molar-refractivity contribution in [1.82, 2.24) is 0 Å². The van der Waals surface area contributed by atoms with E-state index in [-0.39, 0.29) is 44.6 Å². The van der Waals surface area contributed by atoms with Crippen molar-refractivity contribution >= 4 is 59.0 Å². The van der Waals surface area contributed by atoms with Crippen LogP contribution in [0.25, 0.3) is 0 Å². The van der Waals surface area contributed by atoms with Crippen LogP contribution in [0.5, 0.6) is 0 Å². The molecule has 0 N–H and O–H groups in total. The molecule has 0 aromatic heterocycles. The Morgan fingerprint density at radius 2 is 0.905 bits per heavy atom. The average Bonchev–Trinajstić information content (AvgIpc) is 2.59. The van der Waals surface area contributed by atoms with Crippen LogP contribution in [-0.4, -0.2) is 59.0 Å². The van der Waals surface area contributed by atoms with Gasteiger partial charge in [0.1, 0.15) is 0 Å². The molecular formula is C30H86O5Si7. The van der Waals surface area contributed by atoms with Crippen molar-refractivity contribution in [3.05, 3.63) is 12.3 Å². The molecule has 0 aromatic carbocycles. The van der Waals surface area contributed by atoms with Gasteiger partial charge in [-0.1, -0.05) is 82.9 Å². The maximum atomic E-state index is 7.28. The molecule has 42 heavy (non-hydrogen) atoms. The summed E-state index contributed by atoms with van der Waals surface area (Å²) < 4.78 is 34.7. The Bertz CT molecular complexity index is 680. The Balaban J connectivity index is -0.000000408. The molecule has 0 aromatic rings. The molecule has 2 unspecified atom stereocenters. The molecule has 0 saturated heterocycles. The van der Waals surface area contributed by atoms with Crippen LogP contribution in [0.2, 0.25) is 110 Å². The minimum absolute atomic E-state index is 0. The van der Waals surface area contributed by atoms with E-state index in [1.54, 1.807) is 0 Å². The maximum Gasteiger partial charge on any atom is 0.317 e. The number of hydrogen-bond acceptors (Lipinski definition) is 5. The standard InChI is InChI=1S/C24H62O5Si7.6CH4/c1-17-19-20-21-22-35(15,26-31(6,7)8)29-36(16,24-23-33(11,12)25-30(3,4)5)28-34(13,14)27-32(9,10)18-2;;;;;;/h18H,2,17,19-24H2,1,3-16H3;6*1H4. The molecule has 0 heterocycles. The monoisotopic (exact) mass is 722 g/mol. The Labute approximate surface area is 277 Å². The SMILES string of the molecule is C.C.C.C.C.C.C=C[Si](C)(C)O[Si](C)(C)O[Si](C)(CC[Si](C)(C)O[Si](C)(C)C)O[Si](C)(CCCCCC)O[Si](C)(C)C. The lowest BCUT2D eigenvalue weighted by Crippen LogP contribution is -2.60. The number of hydrogen-bond donors (Lipinski definition) is 0. The average molecular weight is 724 g/mol. The molecule has 0 aliphatic rings. The first-order valence-corrected chi connectivity index (χ1v) is 34.8. The summed E-state index contributed by atoms with van der Waals surface area (Å²) in [4.78, 5) is 0. The Morgan fingerprint density at radius 3 is 1.29 bits per heavy atom. The molecule has 0 spiro atoms. The van der Waals surface area contributed by atoms with Crippen molar-refractivity contribution in [2.24, 2.45) is 0 Å². The van der Waals surface area contributed by atoms with E-state index in [0.717, 1.165) is 24.6 Å². The quantitative estimate of drug-likeness (QED) is 0.0981. The smallest absolute Gasteiger partial charge is 0.317 e. The lowest BCUT2D eigenvalue weighted by Gasteiger charge is -2.45. The first-order chi connectivity index (χ1) is 15.9. The fourth-order valence-electron chi connectivity index (χ4n) is 4.85. The van der Waals surface area contributed by atoms with Gasteiger partial charge in [-0.15, -0.1) is 6.58 Å². The van der Waals surface area contributed by atoms with Crippen LogP contribution >= 0.6 is 0 Å². The minimum atomic E-state index is -2.63. The first kappa shape index (κ1) is 58.6. The predicted molar refractivity (Wildman–Crippen MR) is 217 cm³/mol. The van der Waals surface area contributed by atoms with E-state index in [2.05, 4.69) is 105 Å². The summed E-state index contributed by atoms with van der Waals surface area (Å²) in [5.74, 6) is 0. The third-order valence-electron chi connectivity index (χ3n) is 5.66. The lowest BCUT2D eigenvalue weighted by molar-refractivity contribution is 0.288. The normalized spacial score (nSPS) is 15.0. The van der Waals surface area contributed by atoms with Gasteiger partial charge in [0.15, 0.2) is 33.3 Å². The first-order valence-electron chi connectivity index (χ1n) is 14.0. The Hall–Kier alpha value is 1.06. The molecule has 2 atom stereocenters. The van der Waals surface area contributed by atoms with E-state index < -0.39 is 59.0 Å². The van der Waals surface area contributed by atoms with Gasteiger partial charge in [-0.3, -0.25) is 0 Å². The molecule has 0 rings (SSSR count). The number of rotatable bonds is 19. The Morgan fingerprint density at radius 1 is 0.476 bits per heavy atom. The zero-order valence-corrected chi connectivity index (χ0v) is 33.8. The zero-order chi connectivity index (χ0) is 28.7. The van der Waals surface area contributed by atoms with Gasteiger partial charge in [0, 0.05) is 0 Å². The second-order valence-electron chi connectivity index (χ2n) is 14.3. The van der Waals surface area contributed by atoms with Gasteiger partial charge in [-0.05, 0) is 110 Å². The van der Waals surface area contributed by atoms with Crippen molar-refractivity contribution in [1.29, 1.82) is 0 Å². The van der Waals surface area contributed by atoms with E-state index in [1.807, 2.05) is 5.70 Å². The third kappa shape index (κ3) is 28.5. The van der Waals surface area contributed by atoms with Gasteiger partial charge < -0.3 is 20.6 Å². The van der Waals surface area contributed by atoms with Crippen LogP contribution in [0, 0.1) is 0 Å². The largest absolute Gasteiger partial charge is 0.456 e. The second-order valence-corrected chi connectivity index (χ2v) is 42.8. The van der Waals surface area contributed by atoms with Crippen LogP contribution in [-0.2, 0) is 20.6 Å². The van der Waals surface area contributed by atoms with E-state index in [9.17, 15) is 0 Å². The van der Waals surface area contributed by atoms with Crippen molar-refractivity contribution < 1.29 is 20.6 Å². The van der Waals surface area contributed by atoms with E-state index in [1.165, 1.54) is 19.3 Å². The molecule has 5 nitrogen and oxygen atoms in total. The summed E-state index contributed by atoms with van der Waals surface area (Å²) >= 11 is 0. The summed E-state index contributed by atoms with van der Waals surface area (Å²) in [6, 6.07) is 3.00. The highest BCUT2D eigenvalue weighted by molar-refractivity contribution is 6.92. The molecular weight excluding hydrogens is 637 g/mol. The van der Waals surface area contributed by atoms with Gasteiger partial charge in [0.25, 0.3) is 0 Å². The van der Waals surface area contributed by atoms with E-state index in [4.69, 9.17) is 20.6 Å². The van der Waals surface area contributed by atoms with Gasteiger partial charge in [0.05, 0.1) is 0 Å². The van der Waals surface area contributed by atoms with Gasteiger partial charge in [0.2, 0.25) is 0 Å². The summed E-state index contributed by atoms with van der Waals surface area (Å²) in [6.07, 6.45) is 4.91. The molecule has 0 aliphatic carbocycles. The van der Waals surface area contributed by atoms with Gasteiger partial charge in [-0.25, -0.2) is 0 Å². The molecule has 0 saturated carbocycles. The number of unbranched alkanes of at least 4 members (excludes halogenated alkanes) is 3. The highest BCUT2D eigenvalue weighted by atomic mass is 28.5. The fraction of sp³-hybridized carbons (Fsp3) is 0.933.